The summed E-state index contributed by atoms with van der Waals surface area (Å²) in [5.74, 6) is -0.375. The lowest BCUT2D eigenvalue weighted by Crippen LogP contribution is -2.27. The highest BCUT2D eigenvalue weighted by molar-refractivity contribution is 5.71. The number of rotatable bonds is 11. The van der Waals surface area contributed by atoms with E-state index in [1.807, 2.05) is 20.8 Å². The van der Waals surface area contributed by atoms with E-state index in [2.05, 4.69) is 0 Å². The van der Waals surface area contributed by atoms with E-state index in [1.54, 1.807) is 0 Å². The molecule has 0 aromatic heterocycles. The highest BCUT2D eigenvalue weighted by Gasteiger charge is 2.15. The van der Waals surface area contributed by atoms with Crippen molar-refractivity contribution in [1.29, 1.82) is 0 Å². The van der Waals surface area contributed by atoms with Crippen molar-refractivity contribution in [3.8, 4) is 0 Å². The SMILES string of the molecule is CC(C)(C)OC(=O)COCCOCCOCCCO. The Hall–Kier alpha value is -0.690. The van der Waals surface area contributed by atoms with Crippen molar-refractivity contribution < 1.29 is 28.8 Å². The maximum absolute atomic E-state index is 11.3. The number of esters is 1. The minimum Gasteiger partial charge on any atom is -0.458 e. The molecule has 0 bridgehead atoms. The third-order valence-corrected chi connectivity index (χ3v) is 1.83. The van der Waals surface area contributed by atoms with Crippen molar-refractivity contribution in [2.24, 2.45) is 0 Å². The monoisotopic (exact) mass is 278 g/mol. The number of carbonyl (C=O) groups excluding carboxylic acids is 1. The molecule has 0 aliphatic heterocycles. The van der Waals surface area contributed by atoms with Crippen LogP contribution < -0.4 is 0 Å². The number of hydrogen-bond acceptors (Lipinski definition) is 6. The first kappa shape index (κ1) is 18.3. The maximum atomic E-state index is 11.3. The molecule has 0 spiro atoms. The van der Waals surface area contributed by atoms with Crippen LogP contribution in [0.5, 0.6) is 0 Å². The Morgan fingerprint density at radius 2 is 1.47 bits per heavy atom. The van der Waals surface area contributed by atoms with E-state index in [1.165, 1.54) is 0 Å². The van der Waals surface area contributed by atoms with Gasteiger partial charge in [0.25, 0.3) is 0 Å². The molecule has 0 unspecified atom stereocenters. The zero-order chi connectivity index (χ0) is 14.6. The number of aliphatic hydroxyl groups is 1. The summed E-state index contributed by atoms with van der Waals surface area (Å²) in [6, 6.07) is 0. The van der Waals surface area contributed by atoms with Gasteiger partial charge in [0, 0.05) is 13.2 Å². The number of aliphatic hydroxyl groups excluding tert-OH is 1. The average molecular weight is 278 g/mol. The molecule has 19 heavy (non-hydrogen) atoms. The molecule has 0 aromatic rings. The third-order valence-electron chi connectivity index (χ3n) is 1.83. The molecule has 0 amide bonds. The van der Waals surface area contributed by atoms with Crippen LogP contribution in [0, 0.1) is 0 Å². The molecule has 0 rings (SSSR count). The molecule has 0 radical (unpaired) electrons. The minimum absolute atomic E-state index is 0.0619. The lowest BCUT2D eigenvalue weighted by Gasteiger charge is -2.19. The van der Waals surface area contributed by atoms with Crippen LogP contribution in [0.3, 0.4) is 0 Å². The highest BCUT2D eigenvalue weighted by Crippen LogP contribution is 2.06. The Bertz CT molecular complexity index is 224. The van der Waals surface area contributed by atoms with Crippen LogP contribution >= 0.6 is 0 Å². The smallest absolute Gasteiger partial charge is 0.332 e. The van der Waals surface area contributed by atoms with Crippen LogP contribution in [0.25, 0.3) is 0 Å². The van der Waals surface area contributed by atoms with Gasteiger partial charge in [-0.2, -0.15) is 0 Å². The van der Waals surface area contributed by atoms with E-state index in [0.717, 1.165) is 0 Å². The third kappa shape index (κ3) is 15.3. The molecule has 114 valence electrons. The van der Waals surface area contributed by atoms with Crippen LogP contribution in [0.2, 0.25) is 0 Å². The average Bonchev–Trinajstić information content (AvgIpc) is 2.29. The first-order chi connectivity index (χ1) is 8.95. The fourth-order valence-electron chi connectivity index (χ4n) is 1.13. The van der Waals surface area contributed by atoms with Gasteiger partial charge >= 0.3 is 5.97 Å². The van der Waals surface area contributed by atoms with E-state index >= 15 is 0 Å². The topological polar surface area (TPSA) is 74.2 Å². The van der Waals surface area contributed by atoms with Crippen LogP contribution in [0.15, 0.2) is 0 Å². The molecule has 0 heterocycles. The van der Waals surface area contributed by atoms with Crippen molar-refractivity contribution in [3.05, 3.63) is 0 Å². The summed E-state index contributed by atoms with van der Waals surface area (Å²) in [6.45, 7) is 7.76. The van der Waals surface area contributed by atoms with Gasteiger partial charge in [0.1, 0.15) is 12.2 Å². The van der Waals surface area contributed by atoms with Gasteiger partial charge in [-0.25, -0.2) is 4.79 Å². The molecule has 0 aliphatic rings. The molecular formula is C13H26O6. The predicted octanol–water partition coefficient (Wildman–Crippen LogP) is 0.760. The number of ether oxygens (including phenoxy) is 4. The number of carbonyl (C=O) groups is 1. The van der Waals surface area contributed by atoms with Gasteiger partial charge in [-0.15, -0.1) is 0 Å². The molecule has 0 fully saturated rings. The second-order valence-electron chi connectivity index (χ2n) is 4.94. The summed E-state index contributed by atoms with van der Waals surface area (Å²) in [7, 11) is 0. The van der Waals surface area contributed by atoms with Gasteiger partial charge in [-0.05, 0) is 27.2 Å². The molecule has 6 nitrogen and oxygen atoms in total. The molecule has 0 aromatic carbocycles. The highest BCUT2D eigenvalue weighted by atomic mass is 16.6. The van der Waals surface area contributed by atoms with Crippen molar-refractivity contribution >= 4 is 5.97 Å². The molecule has 0 saturated heterocycles. The molecule has 0 aliphatic carbocycles. The molecule has 1 N–H and O–H groups in total. The van der Waals surface area contributed by atoms with Crippen LogP contribution in [-0.4, -0.2) is 62.9 Å². The van der Waals surface area contributed by atoms with Crippen molar-refractivity contribution in [2.75, 3.05) is 46.2 Å². The lowest BCUT2D eigenvalue weighted by atomic mass is 10.2. The minimum atomic E-state index is -0.483. The maximum Gasteiger partial charge on any atom is 0.332 e. The van der Waals surface area contributed by atoms with Crippen LogP contribution in [0.4, 0.5) is 0 Å². The molecule has 0 atom stereocenters. The van der Waals surface area contributed by atoms with E-state index in [-0.39, 0.29) is 19.2 Å². The van der Waals surface area contributed by atoms with Crippen molar-refractivity contribution in [3.63, 3.8) is 0 Å². The van der Waals surface area contributed by atoms with Gasteiger partial charge in [0.15, 0.2) is 0 Å². The lowest BCUT2D eigenvalue weighted by molar-refractivity contribution is -0.160. The summed E-state index contributed by atoms with van der Waals surface area (Å²) >= 11 is 0. The van der Waals surface area contributed by atoms with E-state index in [0.29, 0.717) is 39.5 Å². The van der Waals surface area contributed by atoms with E-state index < -0.39 is 5.60 Å². The Morgan fingerprint density at radius 1 is 0.947 bits per heavy atom. The summed E-state index contributed by atoms with van der Waals surface area (Å²) in [5, 5.41) is 8.52. The first-order valence-electron chi connectivity index (χ1n) is 6.51. The standard InChI is InChI=1S/C13H26O6/c1-13(2,3)19-12(15)11-18-10-9-17-8-7-16-6-4-5-14/h14H,4-11H2,1-3H3. The van der Waals surface area contributed by atoms with Crippen molar-refractivity contribution in [2.45, 2.75) is 32.8 Å². The van der Waals surface area contributed by atoms with Gasteiger partial charge in [0.2, 0.25) is 0 Å². The Labute approximate surface area is 115 Å². The number of hydrogen-bond donors (Lipinski definition) is 1. The zero-order valence-corrected chi connectivity index (χ0v) is 12.1. The molecule has 0 saturated carbocycles. The normalized spacial score (nSPS) is 11.6. The fraction of sp³-hybridized carbons (Fsp3) is 0.923. The predicted molar refractivity (Wildman–Crippen MR) is 70.0 cm³/mol. The summed E-state index contributed by atoms with van der Waals surface area (Å²) in [6.07, 6.45) is 0.638. The van der Waals surface area contributed by atoms with Crippen LogP contribution in [-0.2, 0) is 23.7 Å². The van der Waals surface area contributed by atoms with Gasteiger partial charge < -0.3 is 24.1 Å². The molecule has 6 heteroatoms. The Balaban J connectivity index is 3.21. The second kappa shape index (κ2) is 11.2. The molecular weight excluding hydrogens is 252 g/mol. The van der Waals surface area contributed by atoms with Gasteiger partial charge in [-0.1, -0.05) is 0 Å². The summed E-state index contributed by atoms with van der Waals surface area (Å²) in [5.41, 5.74) is -0.483. The Kier molecular flexibility index (Phi) is 10.8. The van der Waals surface area contributed by atoms with Gasteiger partial charge in [-0.3, -0.25) is 0 Å². The quantitative estimate of drug-likeness (QED) is 0.444. The van der Waals surface area contributed by atoms with E-state index in [9.17, 15) is 4.79 Å². The first-order valence-corrected chi connectivity index (χ1v) is 6.51. The largest absolute Gasteiger partial charge is 0.458 e. The van der Waals surface area contributed by atoms with Crippen molar-refractivity contribution in [1.82, 2.24) is 0 Å². The fourth-order valence-corrected chi connectivity index (χ4v) is 1.13. The Morgan fingerprint density at radius 3 is 2.00 bits per heavy atom. The summed E-state index contributed by atoms with van der Waals surface area (Å²) in [4.78, 5) is 11.3. The summed E-state index contributed by atoms with van der Waals surface area (Å²) < 4.78 is 20.6. The zero-order valence-electron chi connectivity index (χ0n) is 12.1. The second-order valence-corrected chi connectivity index (χ2v) is 4.94. The van der Waals surface area contributed by atoms with Gasteiger partial charge in [0.05, 0.1) is 26.4 Å². The van der Waals surface area contributed by atoms with Crippen LogP contribution in [0.1, 0.15) is 27.2 Å². The van der Waals surface area contributed by atoms with E-state index in [4.69, 9.17) is 24.1 Å².